The molecule has 0 spiro atoms. The zero-order valence-corrected chi connectivity index (χ0v) is 12.5. The summed E-state index contributed by atoms with van der Waals surface area (Å²) in [5.41, 5.74) is 1.20. The van der Waals surface area contributed by atoms with Crippen molar-refractivity contribution < 1.29 is 9.47 Å². The molecule has 106 valence electrons. The lowest BCUT2D eigenvalue weighted by atomic mass is 10.1. The number of aryl methyl sites for hydroxylation is 1. The van der Waals surface area contributed by atoms with Gasteiger partial charge in [0.1, 0.15) is 0 Å². The Hall–Kier alpha value is -0.490. The van der Waals surface area contributed by atoms with E-state index < -0.39 is 0 Å². The molecule has 3 rings (SSSR count). The van der Waals surface area contributed by atoms with Crippen LogP contribution in [0, 0.1) is 6.92 Å². The van der Waals surface area contributed by atoms with Gasteiger partial charge in [0, 0.05) is 31.1 Å². The van der Waals surface area contributed by atoms with E-state index in [0.717, 1.165) is 37.7 Å². The number of rotatable bonds is 4. The van der Waals surface area contributed by atoms with Crippen LogP contribution < -0.4 is 0 Å². The summed E-state index contributed by atoms with van der Waals surface area (Å²) >= 11 is 1.73. The van der Waals surface area contributed by atoms with Gasteiger partial charge in [-0.15, -0.1) is 11.3 Å². The van der Waals surface area contributed by atoms with E-state index in [1.54, 1.807) is 11.3 Å². The third-order valence-electron chi connectivity index (χ3n) is 4.06. The third kappa shape index (κ3) is 2.84. The molecule has 1 aromatic heterocycles. The lowest BCUT2D eigenvalue weighted by Gasteiger charge is -2.38. The van der Waals surface area contributed by atoms with Gasteiger partial charge in [0.05, 0.1) is 29.5 Å². The van der Waals surface area contributed by atoms with Gasteiger partial charge in [-0.05, 0) is 26.7 Å². The van der Waals surface area contributed by atoms with Crippen LogP contribution in [-0.2, 0) is 16.0 Å². The minimum absolute atomic E-state index is 0.258. The van der Waals surface area contributed by atoms with Gasteiger partial charge >= 0.3 is 0 Å². The molecule has 2 fully saturated rings. The average Bonchev–Trinajstić information content (AvgIpc) is 2.98. The first kappa shape index (κ1) is 13.5. The van der Waals surface area contributed by atoms with E-state index in [2.05, 4.69) is 29.1 Å². The second kappa shape index (κ2) is 5.87. The summed E-state index contributed by atoms with van der Waals surface area (Å²) in [4.78, 5) is 7.11. The van der Waals surface area contributed by atoms with Gasteiger partial charge in [-0.2, -0.15) is 0 Å². The van der Waals surface area contributed by atoms with E-state index >= 15 is 0 Å². The van der Waals surface area contributed by atoms with E-state index in [1.807, 2.05) is 0 Å². The number of thiazole rings is 1. The van der Waals surface area contributed by atoms with E-state index in [9.17, 15) is 0 Å². The lowest BCUT2D eigenvalue weighted by Crippen LogP contribution is -2.51. The van der Waals surface area contributed by atoms with Gasteiger partial charge in [0.2, 0.25) is 0 Å². The zero-order valence-electron chi connectivity index (χ0n) is 11.7. The predicted octanol–water partition coefficient (Wildman–Crippen LogP) is 2.22. The second-order valence-corrected chi connectivity index (χ2v) is 6.36. The van der Waals surface area contributed by atoms with Crippen LogP contribution in [0.2, 0.25) is 0 Å². The normalized spacial score (nSPS) is 31.6. The van der Waals surface area contributed by atoms with Crippen LogP contribution in [0.3, 0.4) is 0 Å². The Labute approximate surface area is 118 Å². The molecule has 1 saturated heterocycles. The Morgan fingerprint density at radius 1 is 1.53 bits per heavy atom. The number of aromatic nitrogens is 1. The van der Waals surface area contributed by atoms with Gasteiger partial charge in [-0.1, -0.05) is 0 Å². The van der Waals surface area contributed by atoms with Gasteiger partial charge in [0.25, 0.3) is 0 Å². The predicted molar refractivity (Wildman–Crippen MR) is 75.4 cm³/mol. The van der Waals surface area contributed by atoms with Crippen molar-refractivity contribution in [2.24, 2.45) is 0 Å². The van der Waals surface area contributed by atoms with Crippen molar-refractivity contribution >= 4 is 11.3 Å². The monoisotopic (exact) mass is 282 g/mol. The van der Waals surface area contributed by atoms with Crippen molar-refractivity contribution in [1.29, 1.82) is 0 Å². The Kier molecular flexibility index (Phi) is 4.17. The first-order valence-electron chi connectivity index (χ1n) is 7.16. The molecule has 1 aliphatic carbocycles. The molecule has 2 aliphatic rings. The molecule has 3 atom stereocenters. The standard InChI is InChI=1S/C14H22N2O2S/c1-3-17-13-5-4-12-14(13)18-7-6-16(12)8-11-9-19-10(2)15-11/h9,12-14H,3-8H2,1-2H3/t12-,13+,14+/m1/s1. The van der Waals surface area contributed by atoms with E-state index in [1.165, 1.54) is 12.1 Å². The fourth-order valence-corrected chi connectivity index (χ4v) is 3.87. The molecule has 1 saturated carbocycles. The van der Waals surface area contributed by atoms with Crippen molar-refractivity contribution in [3.63, 3.8) is 0 Å². The molecule has 2 heterocycles. The van der Waals surface area contributed by atoms with Crippen LogP contribution in [0.5, 0.6) is 0 Å². The number of hydrogen-bond acceptors (Lipinski definition) is 5. The maximum absolute atomic E-state index is 5.96. The van der Waals surface area contributed by atoms with Crippen LogP contribution in [-0.4, -0.2) is 47.9 Å². The maximum atomic E-state index is 5.96. The van der Waals surface area contributed by atoms with Gasteiger partial charge < -0.3 is 9.47 Å². The molecule has 0 unspecified atom stereocenters. The molecule has 5 heteroatoms. The molecule has 0 N–H and O–H groups in total. The van der Waals surface area contributed by atoms with Crippen molar-refractivity contribution in [1.82, 2.24) is 9.88 Å². The first-order valence-corrected chi connectivity index (χ1v) is 8.04. The Morgan fingerprint density at radius 3 is 3.16 bits per heavy atom. The molecule has 19 heavy (non-hydrogen) atoms. The van der Waals surface area contributed by atoms with E-state index in [4.69, 9.17) is 9.47 Å². The largest absolute Gasteiger partial charge is 0.376 e. The molecule has 0 aromatic carbocycles. The summed E-state index contributed by atoms with van der Waals surface area (Å²) in [6.07, 6.45) is 2.84. The molecule has 0 radical (unpaired) electrons. The summed E-state index contributed by atoms with van der Waals surface area (Å²) in [6, 6.07) is 0.507. The quantitative estimate of drug-likeness (QED) is 0.848. The number of morpholine rings is 1. The van der Waals surface area contributed by atoms with Crippen LogP contribution in [0.1, 0.15) is 30.5 Å². The average molecular weight is 282 g/mol. The van der Waals surface area contributed by atoms with Crippen molar-refractivity contribution in [2.75, 3.05) is 19.8 Å². The molecular formula is C14H22N2O2S. The van der Waals surface area contributed by atoms with Crippen LogP contribution in [0.4, 0.5) is 0 Å². The summed E-state index contributed by atoms with van der Waals surface area (Å²) in [7, 11) is 0. The molecular weight excluding hydrogens is 260 g/mol. The highest BCUT2D eigenvalue weighted by atomic mass is 32.1. The minimum Gasteiger partial charge on any atom is -0.376 e. The highest BCUT2D eigenvalue weighted by Crippen LogP contribution is 2.32. The summed E-state index contributed by atoms with van der Waals surface area (Å²) in [6.45, 7) is 7.68. The smallest absolute Gasteiger partial charge is 0.0992 e. The Bertz CT molecular complexity index is 423. The number of nitrogens with zero attached hydrogens (tertiary/aromatic N) is 2. The van der Waals surface area contributed by atoms with E-state index in [0.29, 0.717) is 6.04 Å². The molecule has 0 bridgehead atoms. The number of fused-ring (bicyclic) bond motifs is 1. The molecule has 0 amide bonds. The second-order valence-electron chi connectivity index (χ2n) is 5.30. The highest BCUT2D eigenvalue weighted by molar-refractivity contribution is 7.09. The summed E-state index contributed by atoms with van der Waals surface area (Å²) < 4.78 is 11.8. The van der Waals surface area contributed by atoms with Crippen molar-refractivity contribution in [3.8, 4) is 0 Å². The molecule has 1 aromatic rings. The third-order valence-corrected chi connectivity index (χ3v) is 4.89. The minimum atomic E-state index is 0.258. The zero-order chi connectivity index (χ0) is 13.2. The number of hydrogen-bond donors (Lipinski definition) is 0. The molecule has 4 nitrogen and oxygen atoms in total. The van der Waals surface area contributed by atoms with Crippen LogP contribution in [0.25, 0.3) is 0 Å². The van der Waals surface area contributed by atoms with Crippen LogP contribution in [0.15, 0.2) is 5.38 Å². The topological polar surface area (TPSA) is 34.6 Å². The maximum Gasteiger partial charge on any atom is 0.0992 e. The van der Waals surface area contributed by atoms with Gasteiger partial charge in [0.15, 0.2) is 0 Å². The van der Waals surface area contributed by atoms with Gasteiger partial charge in [-0.3, -0.25) is 4.90 Å². The summed E-state index contributed by atoms with van der Waals surface area (Å²) in [5.74, 6) is 0. The first-order chi connectivity index (χ1) is 9.28. The van der Waals surface area contributed by atoms with Crippen molar-refractivity contribution in [3.05, 3.63) is 16.1 Å². The Balaban J connectivity index is 1.66. The Morgan fingerprint density at radius 2 is 2.42 bits per heavy atom. The van der Waals surface area contributed by atoms with Crippen molar-refractivity contribution in [2.45, 2.75) is 51.5 Å². The molecule has 1 aliphatic heterocycles. The fraction of sp³-hybridized carbons (Fsp3) is 0.786. The highest BCUT2D eigenvalue weighted by Gasteiger charge is 2.43. The number of ether oxygens (including phenoxy) is 2. The fourth-order valence-electron chi connectivity index (χ4n) is 3.27. The summed E-state index contributed by atoms with van der Waals surface area (Å²) in [5, 5.41) is 3.33. The van der Waals surface area contributed by atoms with Crippen LogP contribution >= 0.6 is 11.3 Å². The SMILES string of the molecule is CCO[C@H]1CC[C@@H]2[C@@H]1OCCN2Cc1csc(C)n1. The van der Waals surface area contributed by atoms with Gasteiger partial charge in [-0.25, -0.2) is 4.98 Å². The van der Waals surface area contributed by atoms with E-state index in [-0.39, 0.29) is 12.2 Å². The lowest BCUT2D eigenvalue weighted by molar-refractivity contribution is -0.113.